The Morgan fingerprint density at radius 3 is 2.19 bits per heavy atom. The van der Waals surface area contributed by atoms with Gasteiger partial charge < -0.3 is 9.57 Å². The molecule has 3 heteroatoms. The number of ether oxygens (including phenoxy) is 1. The van der Waals surface area contributed by atoms with E-state index >= 15 is 0 Å². The van der Waals surface area contributed by atoms with Crippen LogP contribution in [0.3, 0.4) is 0 Å². The Bertz CT molecular complexity index is 615. The molecule has 0 aliphatic rings. The molecule has 0 saturated carbocycles. The van der Waals surface area contributed by atoms with Gasteiger partial charge in [-0.1, -0.05) is 42.1 Å². The van der Waals surface area contributed by atoms with E-state index in [0.717, 1.165) is 28.2 Å². The fourth-order valence-corrected chi connectivity index (χ4v) is 1.87. The number of hydrogen-bond acceptors (Lipinski definition) is 3. The molecule has 0 bridgehead atoms. The van der Waals surface area contributed by atoms with Gasteiger partial charge in [-0.2, -0.15) is 0 Å². The van der Waals surface area contributed by atoms with Crippen molar-refractivity contribution in [1.29, 1.82) is 0 Å². The van der Waals surface area contributed by atoms with Crippen LogP contribution in [0, 0.1) is 0 Å². The van der Waals surface area contributed by atoms with E-state index in [1.54, 1.807) is 7.11 Å². The summed E-state index contributed by atoms with van der Waals surface area (Å²) in [4.78, 5) is 4.97. The van der Waals surface area contributed by atoms with E-state index in [4.69, 9.17) is 9.57 Å². The topological polar surface area (TPSA) is 30.8 Å². The van der Waals surface area contributed by atoms with E-state index < -0.39 is 0 Å². The molecule has 0 amide bonds. The first-order valence-corrected chi connectivity index (χ1v) is 6.75. The van der Waals surface area contributed by atoms with Crippen molar-refractivity contribution in [3.8, 4) is 5.75 Å². The molecule has 0 saturated heterocycles. The van der Waals surface area contributed by atoms with Crippen LogP contribution in [0.5, 0.6) is 5.75 Å². The van der Waals surface area contributed by atoms with E-state index in [1.807, 2.05) is 61.5 Å². The van der Waals surface area contributed by atoms with E-state index in [0.29, 0.717) is 6.61 Å². The molecular formula is C18H19NO2. The molecule has 0 unspecified atom stereocenters. The first kappa shape index (κ1) is 14.9. The fraction of sp³-hybridized carbons (Fsp3) is 0.167. The summed E-state index contributed by atoms with van der Waals surface area (Å²) in [5.74, 6) is 0.812. The molecule has 3 nitrogen and oxygen atoms in total. The predicted molar refractivity (Wildman–Crippen MR) is 85.8 cm³/mol. The van der Waals surface area contributed by atoms with Crippen molar-refractivity contribution in [3.63, 3.8) is 0 Å². The third-order valence-corrected chi connectivity index (χ3v) is 2.84. The predicted octanol–water partition coefficient (Wildman–Crippen LogP) is 4.04. The molecule has 2 aromatic rings. The summed E-state index contributed by atoms with van der Waals surface area (Å²) in [6.07, 6.45) is 0. The summed E-state index contributed by atoms with van der Waals surface area (Å²) in [6.45, 7) is 6.28. The van der Waals surface area contributed by atoms with Crippen LogP contribution in [0.4, 0.5) is 0 Å². The molecule has 21 heavy (non-hydrogen) atoms. The first-order valence-electron chi connectivity index (χ1n) is 6.75. The SMILES string of the molecule is C=C(C)COc1ccc(/C(=N\OC)c2ccccc2)cc1. The van der Waals surface area contributed by atoms with Gasteiger partial charge in [-0.25, -0.2) is 0 Å². The van der Waals surface area contributed by atoms with Gasteiger partial charge in [0.05, 0.1) is 0 Å². The highest BCUT2D eigenvalue weighted by Gasteiger charge is 2.07. The van der Waals surface area contributed by atoms with Crippen LogP contribution in [0.1, 0.15) is 18.1 Å². The second-order valence-electron chi connectivity index (χ2n) is 4.76. The molecule has 0 radical (unpaired) electrons. The Kier molecular flexibility index (Phi) is 5.16. The molecule has 0 fully saturated rings. The molecule has 2 rings (SSSR count). The first-order chi connectivity index (χ1) is 10.2. The van der Waals surface area contributed by atoms with Crippen LogP contribution in [-0.2, 0) is 4.84 Å². The Labute approximate surface area is 125 Å². The largest absolute Gasteiger partial charge is 0.489 e. The number of oxime groups is 1. The molecule has 2 aromatic carbocycles. The normalized spacial score (nSPS) is 11.0. The summed E-state index contributed by atoms with van der Waals surface area (Å²) in [6, 6.07) is 17.7. The lowest BCUT2D eigenvalue weighted by Crippen LogP contribution is -2.04. The van der Waals surface area contributed by atoms with Gasteiger partial charge in [-0.05, 0) is 36.8 Å². The van der Waals surface area contributed by atoms with Gasteiger partial charge in [0, 0.05) is 11.1 Å². The summed E-state index contributed by atoms with van der Waals surface area (Å²) in [5, 5.41) is 4.13. The number of rotatable bonds is 6. The van der Waals surface area contributed by atoms with Crippen molar-refractivity contribution in [2.45, 2.75) is 6.92 Å². The number of nitrogens with zero attached hydrogens (tertiary/aromatic N) is 1. The van der Waals surface area contributed by atoms with Gasteiger partial charge in [0.2, 0.25) is 0 Å². The summed E-state index contributed by atoms with van der Waals surface area (Å²) < 4.78 is 5.60. The van der Waals surface area contributed by atoms with Crippen LogP contribution in [0.25, 0.3) is 0 Å². The molecular weight excluding hydrogens is 262 g/mol. The Balaban J connectivity index is 2.22. The van der Waals surface area contributed by atoms with Crippen LogP contribution < -0.4 is 4.74 Å². The van der Waals surface area contributed by atoms with Crippen molar-refractivity contribution in [2.24, 2.45) is 5.16 Å². The zero-order valence-corrected chi connectivity index (χ0v) is 12.4. The van der Waals surface area contributed by atoms with E-state index in [-0.39, 0.29) is 0 Å². The summed E-state index contributed by atoms with van der Waals surface area (Å²) in [5.41, 5.74) is 3.77. The highest BCUT2D eigenvalue weighted by molar-refractivity contribution is 6.12. The van der Waals surface area contributed by atoms with Crippen LogP contribution >= 0.6 is 0 Å². The Morgan fingerprint density at radius 2 is 1.62 bits per heavy atom. The standard InChI is InChI=1S/C18H19NO2/c1-14(2)13-21-17-11-9-16(10-12-17)18(19-20-3)15-7-5-4-6-8-15/h4-12H,1,13H2,2-3H3/b19-18-. The van der Waals surface area contributed by atoms with Gasteiger partial charge in [0.25, 0.3) is 0 Å². The van der Waals surface area contributed by atoms with Gasteiger partial charge in [0.15, 0.2) is 0 Å². The van der Waals surface area contributed by atoms with Gasteiger partial charge in [-0.3, -0.25) is 0 Å². The third-order valence-electron chi connectivity index (χ3n) is 2.84. The molecule has 0 N–H and O–H groups in total. The van der Waals surface area contributed by atoms with E-state index in [2.05, 4.69) is 11.7 Å². The molecule has 0 atom stereocenters. The fourth-order valence-electron chi connectivity index (χ4n) is 1.87. The zero-order chi connectivity index (χ0) is 15.1. The number of benzene rings is 2. The maximum atomic E-state index is 5.60. The number of hydrogen-bond donors (Lipinski definition) is 0. The lowest BCUT2D eigenvalue weighted by Gasteiger charge is -2.09. The average molecular weight is 281 g/mol. The second-order valence-corrected chi connectivity index (χ2v) is 4.76. The zero-order valence-electron chi connectivity index (χ0n) is 12.4. The van der Waals surface area contributed by atoms with Crippen molar-refractivity contribution >= 4 is 5.71 Å². The Hall–Kier alpha value is -2.55. The Morgan fingerprint density at radius 1 is 1.00 bits per heavy atom. The third kappa shape index (κ3) is 4.21. The maximum Gasteiger partial charge on any atom is 0.119 e. The van der Waals surface area contributed by atoms with E-state index in [9.17, 15) is 0 Å². The minimum absolute atomic E-state index is 0.525. The molecule has 108 valence electrons. The van der Waals surface area contributed by atoms with Crippen LogP contribution in [0.15, 0.2) is 71.9 Å². The van der Waals surface area contributed by atoms with Crippen LogP contribution in [0.2, 0.25) is 0 Å². The minimum Gasteiger partial charge on any atom is -0.489 e. The quantitative estimate of drug-likeness (QED) is 0.454. The van der Waals surface area contributed by atoms with Crippen molar-refractivity contribution < 1.29 is 9.57 Å². The molecule has 0 heterocycles. The lowest BCUT2D eigenvalue weighted by molar-refractivity contribution is 0.214. The highest BCUT2D eigenvalue weighted by Crippen LogP contribution is 2.17. The smallest absolute Gasteiger partial charge is 0.119 e. The summed E-state index contributed by atoms with van der Waals surface area (Å²) in [7, 11) is 1.55. The monoisotopic (exact) mass is 281 g/mol. The van der Waals surface area contributed by atoms with Crippen molar-refractivity contribution in [1.82, 2.24) is 0 Å². The van der Waals surface area contributed by atoms with Crippen LogP contribution in [-0.4, -0.2) is 19.4 Å². The minimum atomic E-state index is 0.525. The molecule has 0 spiro atoms. The molecule has 0 aliphatic carbocycles. The van der Waals surface area contributed by atoms with Gasteiger partial charge in [-0.15, -0.1) is 0 Å². The molecule has 0 aromatic heterocycles. The molecule has 0 aliphatic heterocycles. The average Bonchev–Trinajstić information content (AvgIpc) is 2.52. The van der Waals surface area contributed by atoms with Gasteiger partial charge in [0.1, 0.15) is 25.2 Å². The van der Waals surface area contributed by atoms with E-state index in [1.165, 1.54) is 0 Å². The maximum absolute atomic E-state index is 5.60. The van der Waals surface area contributed by atoms with Crippen molar-refractivity contribution in [2.75, 3.05) is 13.7 Å². The second kappa shape index (κ2) is 7.29. The van der Waals surface area contributed by atoms with Crippen molar-refractivity contribution in [3.05, 3.63) is 77.9 Å². The van der Waals surface area contributed by atoms with Gasteiger partial charge >= 0.3 is 0 Å². The summed E-state index contributed by atoms with van der Waals surface area (Å²) >= 11 is 0. The highest BCUT2D eigenvalue weighted by atomic mass is 16.6. The lowest BCUT2D eigenvalue weighted by atomic mass is 10.0.